The van der Waals surface area contributed by atoms with Crippen molar-refractivity contribution in [3.05, 3.63) is 34.6 Å². The van der Waals surface area contributed by atoms with Crippen LogP contribution in [0.2, 0.25) is 0 Å². The molecule has 1 aliphatic rings. The third kappa shape index (κ3) is 3.73. The van der Waals surface area contributed by atoms with Gasteiger partial charge in [0, 0.05) is 26.2 Å². The Kier molecular flexibility index (Phi) is 5.10. The number of anilines is 1. The van der Waals surface area contributed by atoms with Gasteiger partial charge in [-0.25, -0.2) is 4.98 Å². The van der Waals surface area contributed by atoms with E-state index in [-0.39, 0.29) is 17.5 Å². The first-order chi connectivity index (χ1) is 11.7. The number of H-pyrrole nitrogens is 1. The van der Waals surface area contributed by atoms with E-state index in [2.05, 4.69) is 15.3 Å². The summed E-state index contributed by atoms with van der Waals surface area (Å²) in [7, 11) is 1.60. The minimum atomic E-state index is -0.143. The summed E-state index contributed by atoms with van der Waals surface area (Å²) in [6, 6.07) is 7.47. The fraction of sp³-hybridized carbons (Fsp3) is 0.471. The van der Waals surface area contributed by atoms with Crippen LogP contribution in [0.25, 0.3) is 10.9 Å². The number of hydrogen-bond donors (Lipinski definition) is 2. The van der Waals surface area contributed by atoms with Crippen LogP contribution in [0.1, 0.15) is 19.3 Å². The molecule has 1 aromatic carbocycles. The zero-order valence-corrected chi connectivity index (χ0v) is 13.7. The Morgan fingerprint density at radius 3 is 2.88 bits per heavy atom. The number of aromatic amines is 1. The average Bonchev–Trinajstić information content (AvgIpc) is 2.60. The van der Waals surface area contributed by atoms with E-state index in [1.54, 1.807) is 13.2 Å². The number of amides is 1. The van der Waals surface area contributed by atoms with Crippen molar-refractivity contribution in [2.75, 3.05) is 32.1 Å². The van der Waals surface area contributed by atoms with Crippen LogP contribution in [0.15, 0.2) is 29.1 Å². The number of carbonyl (C=O) groups is 1. The van der Waals surface area contributed by atoms with E-state index in [0.717, 1.165) is 12.8 Å². The highest BCUT2D eigenvalue weighted by Gasteiger charge is 2.22. The normalized spacial score (nSPS) is 15.6. The molecular formula is C17H22N4O3. The SMILES string of the molecule is COCCC(=O)N1CCC(Nc2nc3ccccc3c(=O)[nH]2)CC1. The number of nitrogens with zero attached hydrogens (tertiary/aromatic N) is 2. The molecule has 1 aliphatic heterocycles. The number of benzene rings is 1. The lowest BCUT2D eigenvalue weighted by atomic mass is 10.0. The molecule has 128 valence electrons. The molecule has 1 amide bonds. The molecule has 0 aliphatic carbocycles. The van der Waals surface area contributed by atoms with Crippen molar-refractivity contribution in [3.8, 4) is 0 Å². The van der Waals surface area contributed by atoms with Crippen molar-refractivity contribution in [1.82, 2.24) is 14.9 Å². The summed E-state index contributed by atoms with van der Waals surface area (Å²) >= 11 is 0. The summed E-state index contributed by atoms with van der Waals surface area (Å²) in [5.41, 5.74) is 0.534. The second-order valence-corrected chi connectivity index (χ2v) is 5.97. The monoisotopic (exact) mass is 330 g/mol. The molecule has 0 spiro atoms. The lowest BCUT2D eigenvalue weighted by molar-refractivity contribution is -0.133. The fourth-order valence-corrected chi connectivity index (χ4v) is 2.97. The van der Waals surface area contributed by atoms with Gasteiger partial charge in [-0.05, 0) is 25.0 Å². The van der Waals surface area contributed by atoms with Gasteiger partial charge < -0.3 is 15.0 Å². The van der Waals surface area contributed by atoms with Crippen molar-refractivity contribution < 1.29 is 9.53 Å². The van der Waals surface area contributed by atoms with Crippen molar-refractivity contribution >= 4 is 22.8 Å². The van der Waals surface area contributed by atoms with Crippen molar-refractivity contribution in [3.63, 3.8) is 0 Å². The Morgan fingerprint density at radius 1 is 1.38 bits per heavy atom. The number of methoxy groups -OCH3 is 1. The molecule has 2 heterocycles. The predicted molar refractivity (Wildman–Crippen MR) is 92.1 cm³/mol. The Hall–Kier alpha value is -2.41. The molecule has 0 unspecified atom stereocenters. The minimum Gasteiger partial charge on any atom is -0.384 e. The summed E-state index contributed by atoms with van der Waals surface area (Å²) in [5, 5.41) is 3.87. The number of hydrogen-bond acceptors (Lipinski definition) is 5. The van der Waals surface area contributed by atoms with E-state index in [1.165, 1.54) is 0 Å². The number of fused-ring (bicyclic) bond motifs is 1. The van der Waals surface area contributed by atoms with E-state index in [9.17, 15) is 9.59 Å². The maximum absolute atomic E-state index is 12.1. The van der Waals surface area contributed by atoms with Crippen LogP contribution in [0.3, 0.4) is 0 Å². The van der Waals surface area contributed by atoms with E-state index in [1.807, 2.05) is 23.1 Å². The smallest absolute Gasteiger partial charge is 0.260 e. The first-order valence-electron chi connectivity index (χ1n) is 8.19. The van der Waals surface area contributed by atoms with Crippen molar-refractivity contribution in [1.29, 1.82) is 0 Å². The van der Waals surface area contributed by atoms with Gasteiger partial charge in [0.15, 0.2) is 0 Å². The average molecular weight is 330 g/mol. The molecule has 2 aromatic rings. The molecule has 3 rings (SSSR count). The standard InChI is InChI=1S/C17H22N4O3/c1-24-11-8-15(22)21-9-6-12(7-10-21)18-17-19-14-5-3-2-4-13(14)16(23)20-17/h2-5,12H,6-11H2,1H3,(H2,18,19,20,23). The molecule has 0 atom stereocenters. The summed E-state index contributed by atoms with van der Waals surface area (Å²) in [5.74, 6) is 0.621. The van der Waals surface area contributed by atoms with Gasteiger partial charge in [-0.1, -0.05) is 12.1 Å². The van der Waals surface area contributed by atoms with Gasteiger partial charge in [-0.2, -0.15) is 0 Å². The molecule has 1 fully saturated rings. The second kappa shape index (κ2) is 7.44. The number of ether oxygens (including phenoxy) is 1. The van der Waals surface area contributed by atoms with Crippen LogP contribution >= 0.6 is 0 Å². The Balaban J connectivity index is 1.60. The van der Waals surface area contributed by atoms with Crippen LogP contribution in [0.4, 0.5) is 5.95 Å². The summed E-state index contributed by atoms with van der Waals surface area (Å²) in [4.78, 5) is 33.2. The Bertz CT molecular complexity index is 766. The van der Waals surface area contributed by atoms with Gasteiger partial charge in [0.2, 0.25) is 11.9 Å². The fourth-order valence-electron chi connectivity index (χ4n) is 2.97. The van der Waals surface area contributed by atoms with E-state index in [0.29, 0.717) is 43.0 Å². The van der Waals surface area contributed by atoms with E-state index in [4.69, 9.17) is 4.74 Å². The second-order valence-electron chi connectivity index (χ2n) is 5.97. The highest BCUT2D eigenvalue weighted by molar-refractivity contribution is 5.78. The topological polar surface area (TPSA) is 87.3 Å². The Morgan fingerprint density at radius 2 is 2.12 bits per heavy atom. The number of aromatic nitrogens is 2. The Labute approximate surface area is 140 Å². The summed E-state index contributed by atoms with van der Waals surface area (Å²) in [6.45, 7) is 1.87. The third-order valence-electron chi connectivity index (χ3n) is 4.32. The summed E-state index contributed by atoms with van der Waals surface area (Å²) in [6.07, 6.45) is 2.08. The third-order valence-corrected chi connectivity index (χ3v) is 4.32. The summed E-state index contributed by atoms with van der Waals surface area (Å²) < 4.78 is 4.95. The minimum absolute atomic E-state index is 0.132. The number of nitrogens with one attached hydrogen (secondary N) is 2. The molecule has 1 aromatic heterocycles. The number of para-hydroxylation sites is 1. The van der Waals surface area contributed by atoms with Gasteiger partial charge in [0.1, 0.15) is 0 Å². The molecule has 0 saturated carbocycles. The maximum atomic E-state index is 12.1. The van der Waals surface area contributed by atoms with E-state index >= 15 is 0 Å². The number of carbonyl (C=O) groups excluding carboxylic acids is 1. The van der Waals surface area contributed by atoms with Gasteiger partial charge in [-0.3, -0.25) is 14.6 Å². The predicted octanol–water partition coefficient (Wildman–Crippen LogP) is 1.36. The lowest BCUT2D eigenvalue weighted by Gasteiger charge is -2.32. The van der Waals surface area contributed by atoms with Crippen molar-refractivity contribution in [2.24, 2.45) is 0 Å². The molecule has 1 saturated heterocycles. The number of rotatable bonds is 5. The van der Waals surface area contributed by atoms with Gasteiger partial charge in [-0.15, -0.1) is 0 Å². The van der Waals surface area contributed by atoms with Crippen molar-refractivity contribution in [2.45, 2.75) is 25.3 Å². The zero-order chi connectivity index (χ0) is 16.9. The van der Waals surface area contributed by atoms with Crippen LogP contribution in [0, 0.1) is 0 Å². The van der Waals surface area contributed by atoms with E-state index < -0.39 is 0 Å². The molecular weight excluding hydrogens is 308 g/mol. The van der Waals surface area contributed by atoms with Crippen LogP contribution in [0.5, 0.6) is 0 Å². The van der Waals surface area contributed by atoms with Crippen LogP contribution in [-0.4, -0.2) is 53.6 Å². The van der Waals surface area contributed by atoms with Gasteiger partial charge >= 0.3 is 0 Å². The van der Waals surface area contributed by atoms with Gasteiger partial charge in [0.25, 0.3) is 5.56 Å². The zero-order valence-electron chi connectivity index (χ0n) is 13.7. The maximum Gasteiger partial charge on any atom is 0.260 e. The molecule has 0 radical (unpaired) electrons. The first-order valence-corrected chi connectivity index (χ1v) is 8.19. The molecule has 7 heteroatoms. The molecule has 24 heavy (non-hydrogen) atoms. The van der Waals surface area contributed by atoms with Gasteiger partial charge in [0.05, 0.1) is 23.9 Å². The first kappa shape index (κ1) is 16.4. The molecule has 2 N–H and O–H groups in total. The van der Waals surface area contributed by atoms with Crippen LogP contribution in [-0.2, 0) is 9.53 Å². The highest BCUT2D eigenvalue weighted by Crippen LogP contribution is 2.16. The number of piperidine rings is 1. The number of likely N-dealkylation sites (tertiary alicyclic amines) is 1. The lowest BCUT2D eigenvalue weighted by Crippen LogP contribution is -2.43. The largest absolute Gasteiger partial charge is 0.384 e. The highest BCUT2D eigenvalue weighted by atomic mass is 16.5. The molecule has 0 bridgehead atoms. The van der Waals surface area contributed by atoms with Crippen LogP contribution < -0.4 is 10.9 Å². The quantitative estimate of drug-likeness (QED) is 0.864. The molecule has 7 nitrogen and oxygen atoms in total.